The van der Waals surface area contributed by atoms with Gasteiger partial charge in [-0.25, -0.2) is 0 Å². The van der Waals surface area contributed by atoms with E-state index in [1.54, 1.807) is 0 Å². The lowest BCUT2D eigenvalue weighted by molar-refractivity contribution is -0.154. The molecule has 0 amide bonds. The molecule has 1 aromatic carbocycles. The van der Waals surface area contributed by atoms with E-state index in [0.717, 1.165) is 16.9 Å². The Morgan fingerprint density at radius 2 is 1.94 bits per heavy atom. The van der Waals surface area contributed by atoms with Crippen LogP contribution in [0.1, 0.15) is 24.5 Å². The van der Waals surface area contributed by atoms with Gasteiger partial charge in [0.2, 0.25) is 0 Å². The van der Waals surface area contributed by atoms with Crippen molar-refractivity contribution in [1.29, 1.82) is 0 Å². The molecule has 2 rings (SSSR count). The average molecular weight is 234 g/mol. The third-order valence-electron chi connectivity index (χ3n) is 3.08. The number of benzene rings is 1. The van der Waals surface area contributed by atoms with Crippen molar-refractivity contribution >= 4 is 5.78 Å². The predicted molar refractivity (Wildman–Crippen MR) is 65.4 cm³/mol. The van der Waals surface area contributed by atoms with E-state index in [-0.39, 0.29) is 18.0 Å². The monoisotopic (exact) mass is 234 g/mol. The molecule has 3 nitrogen and oxygen atoms in total. The number of aryl methyl sites for hydroxylation is 2. The van der Waals surface area contributed by atoms with Gasteiger partial charge in [0.1, 0.15) is 11.9 Å². The summed E-state index contributed by atoms with van der Waals surface area (Å²) >= 11 is 0. The van der Waals surface area contributed by atoms with Gasteiger partial charge in [-0.3, -0.25) is 4.79 Å². The topological polar surface area (TPSA) is 35.5 Å². The molecule has 0 aromatic heterocycles. The molecule has 1 saturated carbocycles. The van der Waals surface area contributed by atoms with Crippen LogP contribution < -0.4 is 4.74 Å². The highest BCUT2D eigenvalue weighted by molar-refractivity contribution is 5.90. The van der Waals surface area contributed by atoms with Crippen LogP contribution in [-0.4, -0.2) is 24.6 Å². The Bertz CT molecular complexity index is 405. The lowest BCUT2D eigenvalue weighted by Gasteiger charge is -2.35. The zero-order valence-electron chi connectivity index (χ0n) is 10.5. The van der Waals surface area contributed by atoms with Gasteiger partial charge in [0.05, 0.1) is 0 Å². The molecule has 1 fully saturated rings. The number of ketones is 1. The molecule has 17 heavy (non-hydrogen) atoms. The maximum Gasteiger partial charge on any atom is 0.169 e. The summed E-state index contributed by atoms with van der Waals surface area (Å²) in [5.74, 6) is 1.03. The number of para-hydroxylation sites is 1. The molecule has 3 heteroatoms. The van der Waals surface area contributed by atoms with Gasteiger partial charge in [0.15, 0.2) is 11.9 Å². The largest absolute Gasteiger partial charge is 0.486 e. The van der Waals surface area contributed by atoms with Gasteiger partial charge in [-0.05, 0) is 31.9 Å². The van der Waals surface area contributed by atoms with Crippen LogP contribution >= 0.6 is 0 Å². The summed E-state index contributed by atoms with van der Waals surface area (Å²) in [5, 5.41) is 0. The number of Topliss-reactive ketones (excluding diaryl/α,β-unsaturated/α-hetero) is 1. The summed E-state index contributed by atoms with van der Waals surface area (Å²) in [6, 6.07) is 6.03. The molecule has 0 aliphatic heterocycles. The van der Waals surface area contributed by atoms with Crippen molar-refractivity contribution in [3.63, 3.8) is 0 Å². The van der Waals surface area contributed by atoms with Crippen LogP contribution in [0.2, 0.25) is 0 Å². The number of hydrogen-bond acceptors (Lipinski definition) is 3. The zero-order valence-corrected chi connectivity index (χ0v) is 10.5. The molecule has 0 spiro atoms. The molecular weight excluding hydrogens is 216 g/mol. The van der Waals surface area contributed by atoms with E-state index in [9.17, 15) is 4.79 Å². The van der Waals surface area contributed by atoms with Gasteiger partial charge < -0.3 is 9.47 Å². The molecule has 1 aliphatic rings. The molecule has 2 unspecified atom stereocenters. The Balaban J connectivity index is 2.09. The number of hydrogen-bond donors (Lipinski definition) is 0. The quantitative estimate of drug-likeness (QED) is 0.802. The molecule has 0 bridgehead atoms. The van der Waals surface area contributed by atoms with Crippen molar-refractivity contribution in [2.24, 2.45) is 0 Å². The van der Waals surface area contributed by atoms with Crippen LogP contribution in [0, 0.1) is 13.8 Å². The van der Waals surface area contributed by atoms with Gasteiger partial charge in [0, 0.05) is 13.0 Å². The van der Waals surface area contributed by atoms with E-state index in [1.807, 2.05) is 39.0 Å². The van der Waals surface area contributed by atoms with Crippen LogP contribution in [0.4, 0.5) is 0 Å². The molecule has 92 valence electrons. The SMILES string of the molecule is CCOC1C(=O)CC1Oc1c(C)cccc1C. The van der Waals surface area contributed by atoms with Crippen LogP contribution in [0.3, 0.4) is 0 Å². The minimum atomic E-state index is -0.376. The summed E-state index contributed by atoms with van der Waals surface area (Å²) in [6.45, 7) is 6.46. The number of carbonyl (C=O) groups is 1. The maximum atomic E-state index is 11.4. The van der Waals surface area contributed by atoms with Crippen molar-refractivity contribution in [2.75, 3.05) is 6.61 Å². The van der Waals surface area contributed by atoms with E-state index in [2.05, 4.69) is 0 Å². The van der Waals surface area contributed by atoms with E-state index in [0.29, 0.717) is 13.0 Å². The Kier molecular flexibility index (Phi) is 3.48. The van der Waals surface area contributed by atoms with Crippen LogP contribution in [0.15, 0.2) is 18.2 Å². The van der Waals surface area contributed by atoms with Crippen LogP contribution in [-0.2, 0) is 9.53 Å². The highest BCUT2D eigenvalue weighted by Crippen LogP contribution is 2.30. The third kappa shape index (κ3) is 2.34. The van der Waals surface area contributed by atoms with Crippen molar-refractivity contribution in [1.82, 2.24) is 0 Å². The Morgan fingerprint density at radius 1 is 1.29 bits per heavy atom. The minimum absolute atomic E-state index is 0.123. The highest BCUT2D eigenvalue weighted by Gasteiger charge is 2.42. The Labute approximate surface area is 102 Å². The fourth-order valence-corrected chi connectivity index (χ4v) is 2.09. The fourth-order valence-electron chi connectivity index (χ4n) is 2.09. The molecule has 2 atom stereocenters. The second-order valence-corrected chi connectivity index (χ2v) is 4.42. The number of ether oxygens (including phenoxy) is 2. The first-order valence-corrected chi connectivity index (χ1v) is 6.00. The Hall–Kier alpha value is -1.35. The predicted octanol–water partition coefficient (Wildman–Crippen LogP) is 2.43. The molecule has 1 aromatic rings. The lowest BCUT2D eigenvalue weighted by Crippen LogP contribution is -2.52. The second kappa shape index (κ2) is 4.88. The van der Waals surface area contributed by atoms with E-state index in [1.165, 1.54) is 0 Å². The molecule has 0 radical (unpaired) electrons. The molecule has 1 aliphatic carbocycles. The van der Waals surface area contributed by atoms with Gasteiger partial charge in [-0.15, -0.1) is 0 Å². The second-order valence-electron chi connectivity index (χ2n) is 4.42. The first-order valence-electron chi connectivity index (χ1n) is 6.00. The molecule has 0 saturated heterocycles. The van der Waals surface area contributed by atoms with Gasteiger partial charge in [-0.1, -0.05) is 18.2 Å². The highest BCUT2D eigenvalue weighted by atomic mass is 16.5. The van der Waals surface area contributed by atoms with Gasteiger partial charge in [0.25, 0.3) is 0 Å². The van der Waals surface area contributed by atoms with E-state index >= 15 is 0 Å². The van der Waals surface area contributed by atoms with Crippen molar-refractivity contribution in [2.45, 2.75) is 39.4 Å². The van der Waals surface area contributed by atoms with E-state index < -0.39 is 0 Å². The molecule has 0 N–H and O–H groups in total. The standard InChI is InChI=1S/C14H18O3/c1-4-16-14-11(15)8-12(14)17-13-9(2)6-5-7-10(13)3/h5-7,12,14H,4,8H2,1-3H3. The van der Waals surface area contributed by atoms with Crippen molar-refractivity contribution in [3.05, 3.63) is 29.3 Å². The fraction of sp³-hybridized carbons (Fsp3) is 0.500. The minimum Gasteiger partial charge on any atom is -0.486 e. The molecular formula is C14H18O3. The van der Waals surface area contributed by atoms with Crippen LogP contribution in [0.25, 0.3) is 0 Å². The number of carbonyl (C=O) groups excluding carboxylic acids is 1. The van der Waals surface area contributed by atoms with E-state index in [4.69, 9.17) is 9.47 Å². The number of rotatable bonds is 4. The normalized spacial score (nSPS) is 23.4. The summed E-state index contributed by atoms with van der Waals surface area (Å²) in [6.07, 6.45) is -0.0421. The summed E-state index contributed by atoms with van der Waals surface area (Å²) in [5.41, 5.74) is 2.19. The zero-order chi connectivity index (χ0) is 12.4. The first kappa shape index (κ1) is 12.1. The smallest absolute Gasteiger partial charge is 0.169 e. The molecule has 0 heterocycles. The van der Waals surface area contributed by atoms with Crippen LogP contribution in [0.5, 0.6) is 5.75 Å². The van der Waals surface area contributed by atoms with Gasteiger partial charge in [-0.2, -0.15) is 0 Å². The summed E-state index contributed by atoms with van der Waals surface area (Å²) in [7, 11) is 0. The summed E-state index contributed by atoms with van der Waals surface area (Å²) < 4.78 is 11.3. The van der Waals surface area contributed by atoms with Gasteiger partial charge >= 0.3 is 0 Å². The lowest BCUT2D eigenvalue weighted by atomic mass is 9.89. The maximum absolute atomic E-state index is 11.4. The third-order valence-corrected chi connectivity index (χ3v) is 3.08. The van der Waals surface area contributed by atoms with Crippen molar-refractivity contribution in [3.8, 4) is 5.75 Å². The first-order chi connectivity index (χ1) is 8.13. The summed E-state index contributed by atoms with van der Waals surface area (Å²) in [4.78, 5) is 11.4. The Morgan fingerprint density at radius 3 is 2.47 bits per heavy atom. The van der Waals surface area contributed by atoms with Crippen molar-refractivity contribution < 1.29 is 14.3 Å². The average Bonchev–Trinajstić information content (AvgIpc) is 2.29.